The Bertz CT molecular complexity index is 405. The van der Waals surface area contributed by atoms with Gasteiger partial charge in [-0.3, -0.25) is 10.1 Å². The number of anilines is 1. The molecule has 0 spiro atoms. The third-order valence-corrected chi connectivity index (χ3v) is 2.65. The Morgan fingerprint density at radius 2 is 2.18 bits per heavy atom. The van der Waals surface area contributed by atoms with Gasteiger partial charge in [0.1, 0.15) is 5.69 Å². The minimum absolute atomic E-state index is 0.0411. The van der Waals surface area contributed by atoms with Crippen LogP contribution >= 0.6 is 0 Å². The van der Waals surface area contributed by atoms with Crippen molar-refractivity contribution in [1.29, 1.82) is 0 Å². The number of aliphatic hydroxyl groups is 1. The molecule has 5 nitrogen and oxygen atoms in total. The van der Waals surface area contributed by atoms with E-state index in [2.05, 4.69) is 0 Å². The van der Waals surface area contributed by atoms with Crippen LogP contribution in [0.25, 0.3) is 0 Å². The van der Waals surface area contributed by atoms with Gasteiger partial charge >= 0.3 is 0 Å². The Labute approximate surface area is 101 Å². The summed E-state index contributed by atoms with van der Waals surface area (Å²) in [5.41, 5.74) is 1.19. The molecule has 0 saturated carbocycles. The molecule has 0 fully saturated rings. The van der Waals surface area contributed by atoms with E-state index in [1.165, 1.54) is 6.07 Å². The number of nitro benzene ring substituents is 1. The molecular formula is C12H18N2O3. The van der Waals surface area contributed by atoms with Crippen molar-refractivity contribution < 1.29 is 10.0 Å². The molecule has 5 heteroatoms. The summed E-state index contributed by atoms with van der Waals surface area (Å²) in [5, 5.41) is 20.4. The highest BCUT2D eigenvalue weighted by Gasteiger charge is 2.18. The zero-order valence-corrected chi connectivity index (χ0v) is 10.4. The molecule has 0 bridgehead atoms. The van der Waals surface area contributed by atoms with E-state index in [1.807, 2.05) is 18.9 Å². The maximum absolute atomic E-state index is 11.0. The highest BCUT2D eigenvalue weighted by molar-refractivity contribution is 5.64. The summed E-state index contributed by atoms with van der Waals surface area (Å²) in [6.45, 7) is 4.37. The fourth-order valence-corrected chi connectivity index (χ4v) is 1.73. The van der Waals surface area contributed by atoms with Crippen LogP contribution in [0, 0.1) is 10.1 Å². The highest BCUT2D eigenvalue weighted by Crippen LogP contribution is 2.30. The largest absolute Gasteiger partial charge is 0.389 e. The maximum Gasteiger partial charge on any atom is 0.292 e. The van der Waals surface area contributed by atoms with Crippen molar-refractivity contribution in [2.24, 2.45) is 0 Å². The Balaban J connectivity index is 3.17. The van der Waals surface area contributed by atoms with Gasteiger partial charge in [0.15, 0.2) is 0 Å². The zero-order valence-electron chi connectivity index (χ0n) is 10.4. The van der Waals surface area contributed by atoms with Crippen LogP contribution in [0.5, 0.6) is 0 Å². The molecule has 94 valence electrons. The van der Waals surface area contributed by atoms with Gasteiger partial charge in [-0.25, -0.2) is 0 Å². The number of hydrogen-bond donors (Lipinski definition) is 1. The van der Waals surface area contributed by atoms with E-state index in [9.17, 15) is 15.2 Å². The molecule has 0 saturated heterocycles. The Morgan fingerprint density at radius 3 is 2.65 bits per heavy atom. The van der Waals surface area contributed by atoms with Crippen molar-refractivity contribution in [2.45, 2.75) is 26.4 Å². The van der Waals surface area contributed by atoms with E-state index < -0.39 is 11.0 Å². The van der Waals surface area contributed by atoms with Crippen molar-refractivity contribution in [2.75, 3.05) is 18.5 Å². The highest BCUT2D eigenvalue weighted by atomic mass is 16.6. The van der Waals surface area contributed by atoms with Crippen LogP contribution in [0.2, 0.25) is 0 Å². The van der Waals surface area contributed by atoms with E-state index in [-0.39, 0.29) is 5.69 Å². The van der Waals surface area contributed by atoms with Gasteiger partial charge in [0.25, 0.3) is 5.69 Å². The first-order valence-corrected chi connectivity index (χ1v) is 5.65. The molecule has 0 aliphatic carbocycles. The molecule has 0 aliphatic rings. The molecule has 0 amide bonds. The second kappa shape index (κ2) is 5.63. The molecule has 0 aromatic heterocycles. The molecule has 1 atom stereocenters. The van der Waals surface area contributed by atoms with Gasteiger partial charge in [0.2, 0.25) is 0 Å². The van der Waals surface area contributed by atoms with E-state index in [0.29, 0.717) is 11.3 Å². The lowest BCUT2D eigenvalue weighted by Gasteiger charge is -2.19. The quantitative estimate of drug-likeness (QED) is 0.632. The summed E-state index contributed by atoms with van der Waals surface area (Å²) in [6, 6.07) is 4.85. The predicted octanol–water partition coefficient (Wildman–Crippen LogP) is 2.49. The third-order valence-electron chi connectivity index (χ3n) is 2.65. The van der Waals surface area contributed by atoms with Crippen LogP contribution in [0.3, 0.4) is 0 Å². The summed E-state index contributed by atoms with van der Waals surface area (Å²) < 4.78 is 0. The molecule has 1 rings (SSSR count). The summed E-state index contributed by atoms with van der Waals surface area (Å²) in [6.07, 6.45) is 0.227. The predicted molar refractivity (Wildman–Crippen MR) is 67.3 cm³/mol. The van der Waals surface area contributed by atoms with Crippen LogP contribution < -0.4 is 4.90 Å². The number of rotatable bonds is 5. The average molecular weight is 238 g/mol. The smallest absolute Gasteiger partial charge is 0.292 e. The van der Waals surface area contributed by atoms with Gasteiger partial charge in [0, 0.05) is 19.7 Å². The molecular weight excluding hydrogens is 220 g/mol. The first-order valence-electron chi connectivity index (χ1n) is 5.65. The minimum Gasteiger partial charge on any atom is -0.389 e. The molecule has 1 N–H and O–H groups in total. The Morgan fingerprint density at radius 1 is 1.53 bits per heavy atom. The third kappa shape index (κ3) is 3.17. The van der Waals surface area contributed by atoms with E-state index in [0.717, 1.165) is 13.0 Å². The summed E-state index contributed by atoms with van der Waals surface area (Å²) in [5.74, 6) is 0. The second-order valence-electron chi connectivity index (χ2n) is 4.10. The standard InChI is InChI=1S/C12H18N2O3/c1-4-7-13(3)11-6-5-10(9(2)15)8-12(11)14(16)17/h5-6,8-9,15H,4,7H2,1-3H3. The van der Waals surface area contributed by atoms with Crippen molar-refractivity contribution in [3.05, 3.63) is 33.9 Å². The first kappa shape index (κ1) is 13.4. The van der Waals surface area contributed by atoms with Gasteiger partial charge in [-0.05, 0) is 25.0 Å². The van der Waals surface area contributed by atoms with Crippen molar-refractivity contribution in [3.8, 4) is 0 Å². The van der Waals surface area contributed by atoms with E-state index in [1.54, 1.807) is 19.1 Å². The molecule has 0 heterocycles. The van der Waals surface area contributed by atoms with E-state index in [4.69, 9.17) is 0 Å². The lowest BCUT2D eigenvalue weighted by atomic mass is 10.1. The molecule has 1 aromatic rings. The lowest BCUT2D eigenvalue weighted by molar-refractivity contribution is -0.384. The van der Waals surface area contributed by atoms with E-state index >= 15 is 0 Å². The van der Waals surface area contributed by atoms with Gasteiger partial charge in [-0.1, -0.05) is 13.0 Å². The minimum atomic E-state index is -0.695. The molecule has 0 aliphatic heterocycles. The average Bonchev–Trinajstić information content (AvgIpc) is 2.28. The fourth-order valence-electron chi connectivity index (χ4n) is 1.73. The van der Waals surface area contributed by atoms with Crippen LogP contribution in [0.4, 0.5) is 11.4 Å². The Kier molecular flexibility index (Phi) is 4.45. The number of benzene rings is 1. The maximum atomic E-state index is 11.0. The summed E-state index contributed by atoms with van der Waals surface area (Å²) in [7, 11) is 1.83. The normalized spacial score (nSPS) is 12.2. The van der Waals surface area contributed by atoms with Crippen LogP contribution in [-0.2, 0) is 0 Å². The monoisotopic (exact) mass is 238 g/mol. The zero-order chi connectivity index (χ0) is 13.0. The molecule has 0 radical (unpaired) electrons. The lowest BCUT2D eigenvalue weighted by Crippen LogP contribution is -2.19. The van der Waals surface area contributed by atoms with Crippen molar-refractivity contribution >= 4 is 11.4 Å². The fraction of sp³-hybridized carbons (Fsp3) is 0.500. The van der Waals surface area contributed by atoms with Crippen LogP contribution in [0.15, 0.2) is 18.2 Å². The number of nitrogens with zero attached hydrogens (tertiary/aromatic N) is 2. The number of aliphatic hydroxyl groups excluding tert-OH is 1. The van der Waals surface area contributed by atoms with Gasteiger partial charge in [-0.15, -0.1) is 0 Å². The molecule has 1 aromatic carbocycles. The second-order valence-corrected chi connectivity index (χ2v) is 4.10. The van der Waals surface area contributed by atoms with Crippen LogP contribution in [-0.4, -0.2) is 23.6 Å². The summed E-state index contributed by atoms with van der Waals surface area (Å²) in [4.78, 5) is 12.4. The first-order chi connectivity index (χ1) is 7.97. The van der Waals surface area contributed by atoms with Gasteiger partial charge in [-0.2, -0.15) is 0 Å². The molecule has 1 unspecified atom stereocenters. The van der Waals surface area contributed by atoms with Crippen molar-refractivity contribution in [1.82, 2.24) is 0 Å². The Hall–Kier alpha value is -1.62. The SMILES string of the molecule is CCCN(C)c1ccc(C(C)O)cc1[N+](=O)[O-]. The van der Waals surface area contributed by atoms with Gasteiger partial charge in [0.05, 0.1) is 11.0 Å². The van der Waals surface area contributed by atoms with Crippen LogP contribution in [0.1, 0.15) is 31.9 Å². The summed E-state index contributed by atoms with van der Waals surface area (Å²) >= 11 is 0. The molecule has 17 heavy (non-hydrogen) atoms. The number of hydrogen-bond acceptors (Lipinski definition) is 4. The number of nitro groups is 1. The van der Waals surface area contributed by atoms with Crippen molar-refractivity contribution in [3.63, 3.8) is 0 Å². The van der Waals surface area contributed by atoms with Gasteiger partial charge < -0.3 is 10.0 Å². The topological polar surface area (TPSA) is 66.6 Å².